The Bertz CT molecular complexity index is 1130. The molecule has 1 aromatic heterocycles. The molecule has 1 aromatic carbocycles. The maximum absolute atomic E-state index is 12.6. The van der Waals surface area contributed by atoms with E-state index in [1.165, 1.54) is 30.2 Å². The summed E-state index contributed by atoms with van der Waals surface area (Å²) < 4.78 is 31.7. The van der Waals surface area contributed by atoms with Crippen molar-refractivity contribution < 1.29 is 27.9 Å². The number of nitrogens with zero attached hydrogens (tertiary/aromatic N) is 2. The van der Waals surface area contributed by atoms with E-state index >= 15 is 0 Å². The minimum atomic E-state index is -5.08. The Labute approximate surface area is 200 Å². The highest BCUT2D eigenvalue weighted by atomic mass is 19.4. The first-order valence-corrected chi connectivity index (χ1v) is 11.3. The summed E-state index contributed by atoms with van der Waals surface area (Å²) in [5, 5.41) is 22.5. The Kier molecular flexibility index (Phi) is 8.65. The standard InChI is InChI=1S/C22H25N5O.C2HF3O2/c23-13-18-14-25-21(26-18)22(28)27-20-7-6-17(15-8-10-24-11-9-15)12-19(20)16-4-2-1-3-5-16;3-2(4,5)1(6)7/h4,6-7,12,14-15,24H,1-3,5,8-11H2,(H,25,26)(H,27,28);(H,6,7). The fourth-order valence-corrected chi connectivity index (χ4v) is 4.10. The second-order valence-corrected chi connectivity index (χ2v) is 8.32. The number of aromatic nitrogens is 2. The van der Waals surface area contributed by atoms with Crippen LogP contribution in [0.15, 0.2) is 30.5 Å². The zero-order chi connectivity index (χ0) is 25.4. The van der Waals surface area contributed by atoms with Crippen molar-refractivity contribution in [2.75, 3.05) is 18.4 Å². The Balaban J connectivity index is 0.000000429. The van der Waals surface area contributed by atoms with E-state index in [0.29, 0.717) is 5.92 Å². The third-order valence-electron chi connectivity index (χ3n) is 5.89. The number of rotatable bonds is 4. The van der Waals surface area contributed by atoms with Crippen molar-refractivity contribution in [2.24, 2.45) is 0 Å². The van der Waals surface area contributed by atoms with Gasteiger partial charge in [0.25, 0.3) is 5.91 Å². The lowest BCUT2D eigenvalue weighted by Gasteiger charge is -2.25. The number of anilines is 1. The number of carboxylic acids is 1. The number of hydrogen-bond acceptors (Lipinski definition) is 5. The van der Waals surface area contributed by atoms with E-state index in [1.54, 1.807) is 0 Å². The molecule has 186 valence electrons. The van der Waals surface area contributed by atoms with Crippen LogP contribution in [-0.4, -0.2) is 46.2 Å². The van der Waals surface area contributed by atoms with Crippen LogP contribution in [0.4, 0.5) is 18.9 Å². The van der Waals surface area contributed by atoms with E-state index in [2.05, 4.69) is 38.8 Å². The van der Waals surface area contributed by atoms with Gasteiger partial charge in [0, 0.05) is 11.3 Å². The number of amides is 1. The molecule has 2 heterocycles. The van der Waals surface area contributed by atoms with Gasteiger partial charge in [-0.3, -0.25) is 4.79 Å². The summed E-state index contributed by atoms with van der Waals surface area (Å²) in [6.07, 6.45) is 5.42. The van der Waals surface area contributed by atoms with Crippen molar-refractivity contribution >= 4 is 23.1 Å². The highest BCUT2D eigenvalue weighted by Crippen LogP contribution is 2.35. The number of carboxylic acid groups (broad SMARTS) is 1. The molecule has 2 aromatic rings. The van der Waals surface area contributed by atoms with E-state index in [1.807, 2.05) is 12.1 Å². The van der Waals surface area contributed by atoms with Crippen LogP contribution >= 0.6 is 0 Å². The number of aliphatic carboxylic acids is 1. The van der Waals surface area contributed by atoms with Crippen molar-refractivity contribution in [1.29, 1.82) is 5.26 Å². The molecule has 2 aliphatic rings. The number of H-pyrrole nitrogens is 1. The summed E-state index contributed by atoms with van der Waals surface area (Å²) >= 11 is 0. The molecule has 1 fully saturated rings. The maximum Gasteiger partial charge on any atom is 0.490 e. The Morgan fingerprint density at radius 3 is 2.49 bits per heavy atom. The van der Waals surface area contributed by atoms with Gasteiger partial charge >= 0.3 is 12.1 Å². The number of halogens is 3. The van der Waals surface area contributed by atoms with E-state index in [9.17, 15) is 18.0 Å². The third kappa shape index (κ3) is 7.16. The number of carbonyl (C=O) groups excluding carboxylic acids is 1. The number of aromatic amines is 1. The fraction of sp³-hybridized carbons (Fsp3) is 0.417. The molecule has 1 saturated heterocycles. The summed E-state index contributed by atoms with van der Waals surface area (Å²) in [4.78, 5) is 28.3. The van der Waals surface area contributed by atoms with Crippen LogP contribution in [0.3, 0.4) is 0 Å². The summed E-state index contributed by atoms with van der Waals surface area (Å²) in [6, 6.07) is 8.39. The van der Waals surface area contributed by atoms with Gasteiger partial charge in [0.1, 0.15) is 11.8 Å². The summed E-state index contributed by atoms with van der Waals surface area (Å²) in [5.74, 6) is -2.36. The molecule has 1 aliphatic carbocycles. The molecule has 11 heteroatoms. The zero-order valence-electron chi connectivity index (χ0n) is 18.9. The molecule has 35 heavy (non-hydrogen) atoms. The maximum atomic E-state index is 12.6. The average Bonchev–Trinajstić information content (AvgIpc) is 3.35. The first kappa shape index (κ1) is 26.0. The molecule has 1 amide bonds. The van der Waals surface area contributed by atoms with E-state index in [0.717, 1.165) is 50.0 Å². The van der Waals surface area contributed by atoms with E-state index < -0.39 is 12.1 Å². The van der Waals surface area contributed by atoms with Crippen molar-refractivity contribution in [2.45, 2.75) is 50.6 Å². The van der Waals surface area contributed by atoms with Crippen LogP contribution < -0.4 is 10.6 Å². The molecule has 1 aliphatic heterocycles. The van der Waals surface area contributed by atoms with Gasteiger partial charge in [-0.05, 0) is 80.8 Å². The largest absolute Gasteiger partial charge is 0.490 e. The van der Waals surface area contributed by atoms with Gasteiger partial charge in [0.15, 0.2) is 5.82 Å². The molecular formula is C24H26F3N5O3. The highest BCUT2D eigenvalue weighted by molar-refractivity contribution is 6.03. The van der Waals surface area contributed by atoms with Gasteiger partial charge in [-0.15, -0.1) is 0 Å². The molecule has 4 N–H and O–H groups in total. The Morgan fingerprint density at radius 2 is 1.91 bits per heavy atom. The van der Waals surface area contributed by atoms with Crippen molar-refractivity contribution in [3.05, 3.63) is 53.1 Å². The van der Waals surface area contributed by atoms with Crippen molar-refractivity contribution in [3.8, 4) is 6.07 Å². The lowest BCUT2D eigenvalue weighted by atomic mass is 9.86. The predicted molar refractivity (Wildman–Crippen MR) is 123 cm³/mol. The minimum absolute atomic E-state index is 0.155. The van der Waals surface area contributed by atoms with Crippen LogP contribution in [0, 0.1) is 11.3 Å². The second-order valence-electron chi connectivity index (χ2n) is 8.32. The zero-order valence-corrected chi connectivity index (χ0v) is 18.9. The first-order valence-electron chi connectivity index (χ1n) is 11.3. The highest BCUT2D eigenvalue weighted by Gasteiger charge is 2.38. The van der Waals surface area contributed by atoms with Gasteiger partial charge in [-0.25, -0.2) is 9.78 Å². The van der Waals surface area contributed by atoms with Crippen LogP contribution in [-0.2, 0) is 4.79 Å². The van der Waals surface area contributed by atoms with Gasteiger partial charge in [-0.1, -0.05) is 12.1 Å². The van der Waals surface area contributed by atoms with Crippen LogP contribution in [0.2, 0.25) is 0 Å². The third-order valence-corrected chi connectivity index (χ3v) is 5.89. The minimum Gasteiger partial charge on any atom is -0.475 e. The molecule has 0 radical (unpaired) electrons. The summed E-state index contributed by atoms with van der Waals surface area (Å²) in [5.41, 5.74) is 4.88. The van der Waals surface area contributed by atoms with Gasteiger partial charge in [0.2, 0.25) is 0 Å². The lowest BCUT2D eigenvalue weighted by molar-refractivity contribution is -0.192. The van der Waals surface area contributed by atoms with Gasteiger partial charge in [0.05, 0.1) is 6.20 Å². The summed E-state index contributed by atoms with van der Waals surface area (Å²) in [6.45, 7) is 2.11. The molecular weight excluding hydrogens is 463 g/mol. The molecule has 0 bridgehead atoms. The van der Waals surface area contributed by atoms with Crippen LogP contribution in [0.1, 0.15) is 71.9 Å². The SMILES string of the molecule is N#Cc1cnc(C(=O)Nc2ccc(C3CCNCC3)cc2C2=CCCCC2)[nH]1.O=C(O)C(F)(F)F. The number of hydrogen-bond donors (Lipinski definition) is 4. The first-order chi connectivity index (χ1) is 16.7. The van der Waals surface area contributed by atoms with Crippen molar-refractivity contribution in [3.63, 3.8) is 0 Å². The number of nitrogens with one attached hydrogen (secondary N) is 3. The second kappa shape index (κ2) is 11.7. The molecule has 0 spiro atoms. The van der Waals surface area contributed by atoms with Gasteiger partial charge < -0.3 is 20.7 Å². The van der Waals surface area contributed by atoms with E-state index in [-0.39, 0.29) is 17.4 Å². The average molecular weight is 489 g/mol. The fourth-order valence-electron chi connectivity index (χ4n) is 4.10. The van der Waals surface area contributed by atoms with Crippen LogP contribution in [0.5, 0.6) is 0 Å². The normalized spacial score (nSPS) is 16.3. The molecule has 8 nitrogen and oxygen atoms in total. The number of piperidine rings is 1. The van der Waals surface area contributed by atoms with Gasteiger partial charge in [-0.2, -0.15) is 18.4 Å². The Morgan fingerprint density at radius 1 is 1.20 bits per heavy atom. The monoisotopic (exact) mass is 489 g/mol. The number of alkyl halides is 3. The predicted octanol–water partition coefficient (Wildman–Crippen LogP) is 4.59. The molecule has 0 saturated carbocycles. The molecule has 0 atom stereocenters. The number of benzene rings is 1. The van der Waals surface area contributed by atoms with Crippen LogP contribution in [0.25, 0.3) is 5.57 Å². The van der Waals surface area contributed by atoms with Crippen molar-refractivity contribution in [1.82, 2.24) is 15.3 Å². The van der Waals surface area contributed by atoms with E-state index in [4.69, 9.17) is 15.2 Å². The number of allylic oxidation sites excluding steroid dienone is 2. The summed E-state index contributed by atoms with van der Waals surface area (Å²) in [7, 11) is 0. The number of carbonyl (C=O) groups is 2. The molecule has 0 unspecified atom stereocenters. The Hall–Kier alpha value is -3.65. The lowest BCUT2D eigenvalue weighted by Crippen LogP contribution is -2.26. The number of imidazole rings is 1. The smallest absolute Gasteiger partial charge is 0.475 e. The quantitative estimate of drug-likeness (QED) is 0.497. The number of nitriles is 1. The topological polar surface area (TPSA) is 131 Å². The molecule has 4 rings (SSSR count).